The number of aromatic amines is 1. The smallest absolute Gasteiger partial charge is 0.323 e. The predicted octanol–water partition coefficient (Wildman–Crippen LogP) is 1.02. The summed E-state index contributed by atoms with van der Waals surface area (Å²) in [4.78, 5) is 29.1. The fraction of sp³-hybridized carbons (Fsp3) is 0.333. The molecule has 0 spiro atoms. The van der Waals surface area contributed by atoms with Gasteiger partial charge in [-0.15, -0.1) is 0 Å². The number of amides is 1. The highest BCUT2D eigenvalue weighted by Gasteiger charge is 2.19. The summed E-state index contributed by atoms with van der Waals surface area (Å²) in [5.74, 6) is 0.444. The molecule has 0 unspecified atom stereocenters. The zero-order chi connectivity index (χ0) is 14.5. The van der Waals surface area contributed by atoms with Crippen LogP contribution in [0, 0.1) is 10.1 Å². The summed E-state index contributed by atoms with van der Waals surface area (Å²) < 4.78 is 1.27. The van der Waals surface area contributed by atoms with E-state index >= 15 is 0 Å². The molecule has 0 aliphatic carbocycles. The zero-order valence-corrected chi connectivity index (χ0v) is 11.0. The van der Waals surface area contributed by atoms with Gasteiger partial charge >= 0.3 is 5.82 Å². The number of hydrogen-bond acceptors (Lipinski definition) is 4. The van der Waals surface area contributed by atoms with Gasteiger partial charge in [0.25, 0.3) is 5.91 Å². The van der Waals surface area contributed by atoms with Crippen LogP contribution in [0.1, 0.15) is 22.7 Å². The molecule has 0 radical (unpaired) electrons. The Morgan fingerprint density at radius 1 is 1.55 bits per heavy atom. The lowest BCUT2D eigenvalue weighted by atomic mass is 10.3. The predicted molar refractivity (Wildman–Crippen MR) is 71.3 cm³/mol. The van der Waals surface area contributed by atoms with Crippen LogP contribution in [0.25, 0.3) is 0 Å². The van der Waals surface area contributed by atoms with E-state index in [9.17, 15) is 14.9 Å². The second-order valence-electron chi connectivity index (χ2n) is 4.29. The van der Waals surface area contributed by atoms with E-state index in [0.29, 0.717) is 6.54 Å². The van der Waals surface area contributed by atoms with Crippen LogP contribution in [0.2, 0.25) is 0 Å². The van der Waals surface area contributed by atoms with Crippen molar-refractivity contribution in [1.82, 2.24) is 19.9 Å². The highest BCUT2D eigenvalue weighted by atomic mass is 16.6. The van der Waals surface area contributed by atoms with Crippen LogP contribution in [0.4, 0.5) is 5.82 Å². The summed E-state index contributed by atoms with van der Waals surface area (Å²) in [6, 6.07) is 2.76. The summed E-state index contributed by atoms with van der Waals surface area (Å²) in [7, 11) is 1.50. The van der Waals surface area contributed by atoms with Crippen molar-refractivity contribution in [3.8, 4) is 0 Å². The Bertz CT molecular complexity index is 603. The molecule has 106 valence electrons. The van der Waals surface area contributed by atoms with E-state index in [2.05, 4.69) is 15.3 Å². The van der Waals surface area contributed by atoms with Crippen molar-refractivity contribution in [2.24, 2.45) is 7.05 Å². The summed E-state index contributed by atoms with van der Waals surface area (Å²) in [5, 5.41) is 13.4. The number of imidazole rings is 1. The average molecular weight is 277 g/mol. The number of H-pyrrole nitrogens is 1. The molecular weight excluding hydrogens is 262 g/mol. The van der Waals surface area contributed by atoms with Gasteiger partial charge in [0.15, 0.2) is 5.69 Å². The average Bonchev–Trinajstić information content (AvgIpc) is 3.03. The minimum Gasteiger partial charge on any atom is -0.358 e. The molecule has 0 atom stereocenters. The van der Waals surface area contributed by atoms with E-state index in [1.165, 1.54) is 23.7 Å². The molecule has 20 heavy (non-hydrogen) atoms. The summed E-state index contributed by atoms with van der Waals surface area (Å²) in [6.07, 6.45) is 4.90. The quantitative estimate of drug-likeness (QED) is 0.467. The maximum atomic E-state index is 11.9. The van der Waals surface area contributed by atoms with Crippen LogP contribution in [0.5, 0.6) is 0 Å². The molecule has 8 heteroatoms. The molecule has 0 saturated heterocycles. The molecule has 2 heterocycles. The van der Waals surface area contributed by atoms with Gasteiger partial charge in [-0.1, -0.05) is 0 Å². The van der Waals surface area contributed by atoms with E-state index in [4.69, 9.17) is 0 Å². The Labute approximate surface area is 115 Å². The first kappa shape index (κ1) is 13.8. The Morgan fingerprint density at radius 3 is 2.95 bits per heavy atom. The molecule has 0 bridgehead atoms. The van der Waals surface area contributed by atoms with Crippen molar-refractivity contribution in [1.29, 1.82) is 0 Å². The third-order valence-corrected chi connectivity index (χ3v) is 2.95. The molecule has 0 aromatic carbocycles. The van der Waals surface area contributed by atoms with Crippen LogP contribution in [-0.4, -0.2) is 31.9 Å². The van der Waals surface area contributed by atoms with E-state index in [1.807, 2.05) is 0 Å². The van der Waals surface area contributed by atoms with Crippen LogP contribution < -0.4 is 5.32 Å². The maximum absolute atomic E-state index is 11.9. The van der Waals surface area contributed by atoms with Crippen molar-refractivity contribution in [2.75, 3.05) is 6.54 Å². The van der Waals surface area contributed by atoms with Crippen molar-refractivity contribution >= 4 is 11.7 Å². The molecule has 0 saturated carbocycles. The third kappa shape index (κ3) is 3.02. The zero-order valence-electron chi connectivity index (χ0n) is 11.0. The molecule has 2 aromatic rings. The van der Waals surface area contributed by atoms with E-state index in [-0.39, 0.29) is 17.4 Å². The first-order valence-corrected chi connectivity index (χ1v) is 6.16. The van der Waals surface area contributed by atoms with Gasteiger partial charge in [-0.25, -0.2) is 9.55 Å². The van der Waals surface area contributed by atoms with Crippen LogP contribution in [0.15, 0.2) is 24.5 Å². The Hall–Kier alpha value is -2.64. The largest absolute Gasteiger partial charge is 0.358 e. The lowest BCUT2D eigenvalue weighted by Crippen LogP contribution is -2.26. The molecule has 2 aromatic heterocycles. The van der Waals surface area contributed by atoms with E-state index < -0.39 is 4.92 Å². The number of nitrogens with one attached hydrogen (secondary N) is 2. The van der Waals surface area contributed by atoms with Gasteiger partial charge < -0.3 is 20.4 Å². The third-order valence-electron chi connectivity index (χ3n) is 2.95. The van der Waals surface area contributed by atoms with Crippen molar-refractivity contribution in [2.45, 2.75) is 12.8 Å². The fourth-order valence-corrected chi connectivity index (χ4v) is 1.89. The highest BCUT2D eigenvalue weighted by molar-refractivity contribution is 5.93. The van der Waals surface area contributed by atoms with Gasteiger partial charge in [0.2, 0.25) is 0 Å². The van der Waals surface area contributed by atoms with Gasteiger partial charge in [-0.3, -0.25) is 4.79 Å². The molecule has 1 amide bonds. The Kier molecular flexibility index (Phi) is 4.14. The molecule has 0 fully saturated rings. The van der Waals surface area contributed by atoms with E-state index in [1.54, 1.807) is 12.4 Å². The summed E-state index contributed by atoms with van der Waals surface area (Å²) in [6.45, 7) is 0.485. The molecular formula is C12H15N5O3. The topological polar surface area (TPSA) is 106 Å². The number of aryl methyl sites for hydroxylation is 1. The SMILES string of the molecule is Cn1c(C(=O)NCCCc2ncc[nH]2)ccc1[N+](=O)[O-]. The first-order chi connectivity index (χ1) is 9.59. The van der Waals surface area contributed by atoms with Gasteiger partial charge in [0, 0.05) is 31.4 Å². The minimum atomic E-state index is -0.520. The lowest BCUT2D eigenvalue weighted by molar-refractivity contribution is -0.391. The number of nitro groups is 1. The second kappa shape index (κ2) is 6.00. The van der Waals surface area contributed by atoms with Crippen LogP contribution >= 0.6 is 0 Å². The van der Waals surface area contributed by atoms with Gasteiger partial charge in [-0.2, -0.15) is 0 Å². The standard InChI is InChI=1S/C12H15N5O3/c1-16-9(4-5-11(16)17(19)20)12(18)15-6-2-3-10-13-7-8-14-10/h4-5,7-8H,2-3,6H2,1H3,(H,13,14)(H,15,18). The number of hydrogen-bond donors (Lipinski definition) is 2. The maximum Gasteiger partial charge on any atom is 0.323 e. The second-order valence-corrected chi connectivity index (χ2v) is 4.29. The van der Waals surface area contributed by atoms with Crippen molar-refractivity contribution in [3.05, 3.63) is 46.2 Å². The Balaban J connectivity index is 1.84. The summed E-state index contributed by atoms with van der Waals surface area (Å²) in [5.41, 5.74) is 0.273. The van der Waals surface area contributed by atoms with E-state index in [0.717, 1.165) is 18.7 Å². The molecule has 0 aliphatic heterocycles. The van der Waals surface area contributed by atoms with Crippen molar-refractivity contribution in [3.63, 3.8) is 0 Å². The first-order valence-electron chi connectivity index (χ1n) is 6.16. The number of rotatable bonds is 6. The van der Waals surface area contributed by atoms with Crippen LogP contribution in [-0.2, 0) is 13.5 Å². The monoisotopic (exact) mass is 277 g/mol. The highest BCUT2D eigenvalue weighted by Crippen LogP contribution is 2.14. The fourth-order valence-electron chi connectivity index (χ4n) is 1.89. The van der Waals surface area contributed by atoms with Crippen molar-refractivity contribution < 1.29 is 9.72 Å². The van der Waals surface area contributed by atoms with Gasteiger partial charge in [-0.05, 0) is 17.4 Å². The molecule has 0 aliphatic rings. The number of aromatic nitrogens is 3. The van der Waals surface area contributed by atoms with Gasteiger partial charge in [0.05, 0.1) is 7.05 Å². The van der Waals surface area contributed by atoms with Crippen LogP contribution in [0.3, 0.4) is 0 Å². The number of nitrogens with zero attached hydrogens (tertiary/aromatic N) is 3. The molecule has 2 rings (SSSR count). The Morgan fingerprint density at radius 2 is 2.35 bits per heavy atom. The van der Waals surface area contributed by atoms with Gasteiger partial charge in [0.1, 0.15) is 5.82 Å². The number of carbonyl (C=O) groups excluding carboxylic acids is 1. The minimum absolute atomic E-state index is 0.106. The molecule has 8 nitrogen and oxygen atoms in total. The molecule has 2 N–H and O–H groups in total. The lowest BCUT2D eigenvalue weighted by Gasteiger charge is -2.03. The normalized spacial score (nSPS) is 10.4. The number of carbonyl (C=O) groups is 1. The summed E-state index contributed by atoms with van der Waals surface area (Å²) >= 11 is 0.